The third kappa shape index (κ3) is 3.96. The van der Waals surface area contributed by atoms with Crippen LogP contribution in [0.3, 0.4) is 0 Å². The minimum absolute atomic E-state index is 0.0433. The van der Waals surface area contributed by atoms with E-state index >= 15 is 0 Å². The van der Waals surface area contributed by atoms with Crippen molar-refractivity contribution in [2.45, 2.75) is 51.0 Å². The second kappa shape index (κ2) is 5.95. The van der Waals surface area contributed by atoms with Gasteiger partial charge in [0.25, 0.3) is 0 Å². The summed E-state index contributed by atoms with van der Waals surface area (Å²) in [5.41, 5.74) is 0. The molecular formula is C14H22N2O. The van der Waals surface area contributed by atoms with Gasteiger partial charge in [-0.15, -0.1) is 6.42 Å². The van der Waals surface area contributed by atoms with Crippen molar-refractivity contribution in [2.24, 2.45) is 5.92 Å². The molecule has 2 aliphatic carbocycles. The van der Waals surface area contributed by atoms with Gasteiger partial charge in [-0.3, -0.25) is 0 Å². The number of rotatable bonds is 4. The van der Waals surface area contributed by atoms with E-state index in [2.05, 4.69) is 11.2 Å². The lowest BCUT2D eigenvalue weighted by Crippen LogP contribution is -2.46. The van der Waals surface area contributed by atoms with Crippen LogP contribution < -0.4 is 5.32 Å². The molecule has 0 saturated heterocycles. The zero-order valence-electron chi connectivity index (χ0n) is 10.5. The minimum atomic E-state index is 0.0433. The summed E-state index contributed by atoms with van der Waals surface area (Å²) in [6, 6.07) is 0.414. The first-order valence-electron chi connectivity index (χ1n) is 6.78. The molecule has 3 heteroatoms. The van der Waals surface area contributed by atoms with Gasteiger partial charge in [0, 0.05) is 12.6 Å². The summed E-state index contributed by atoms with van der Waals surface area (Å²) in [6.07, 6.45) is 13.9. The van der Waals surface area contributed by atoms with Crippen LogP contribution >= 0.6 is 0 Å². The summed E-state index contributed by atoms with van der Waals surface area (Å²) in [4.78, 5) is 13.9. The molecule has 1 N–H and O–H groups in total. The highest BCUT2D eigenvalue weighted by molar-refractivity contribution is 5.74. The van der Waals surface area contributed by atoms with Crippen LogP contribution in [-0.2, 0) is 0 Å². The Hall–Kier alpha value is -1.17. The highest BCUT2D eigenvalue weighted by Gasteiger charge is 2.27. The Labute approximate surface area is 104 Å². The molecule has 0 radical (unpaired) electrons. The van der Waals surface area contributed by atoms with Gasteiger partial charge in [-0.1, -0.05) is 25.2 Å². The van der Waals surface area contributed by atoms with Gasteiger partial charge < -0.3 is 10.2 Å². The second-order valence-electron chi connectivity index (χ2n) is 5.31. The predicted octanol–water partition coefficient (Wildman–Crippen LogP) is 2.37. The van der Waals surface area contributed by atoms with E-state index in [4.69, 9.17) is 6.42 Å². The lowest BCUT2D eigenvalue weighted by molar-refractivity contribution is 0.194. The number of nitrogens with one attached hydrogen (secondary N) is 1. The zero-order valence-corrected chi connectivity index (χ0v) is 10.5. The first-order chi connectivity index (χ1) is 8.29. The Kier molecular flexibility index (Phi) is 4.30. The van der Waals surface area contributed by atoms with Crippen molar-refractivity contribution in [3.8, 4) is 12.3 Å². The first-order valence-corrected chi connectivity index (χ1v) is 6.78. The Bertz CT molecular complexity index is 298. The molecule has 0 aromatic heterocycles. The summed E-state index contributed by atoms with van der Waals surface area (Å²) in [6.45, 7) is 1.28. The van der Waals surface area contributed by atoms with Crippen LogP contribution in [0.15, 0.2) is 0 Å². The quantitative estimate of drug-likeness (QED) is 0.744. The Balaban J connectivity index is 1.79. The van der Waals surface area contributed by atoms with E-state index in [1.165, 1.54) is 32.1 Å². The topological polar surface area (TPSA) is 32.3 Å². The van der Waals surface area contributed by atoms with Gasteiger partial charge >= 0.3 is 6.03 Å². The fourth-order valence-electron chi connectivity index (χ4n) is 2.45. The van der Waals surface area contributed by atoms with Gasteiger partial charge in [-0.05, 0) is 31.6 Å². The summed E-state index contributed by atoms with van der Waals surface area (Å²) in [5.74, 6) is 3.28. The predicted molar refractivity (Wildman–Crippen MR) is 68.5 cm³/mol. The maximum Gasteiger partial charge on any atom is 0.318 e. The van der Waals surface area contributed by atoms with Gasteiger partial charge in [-0.2, -0.15) is 0 Å². The number of amides is 2. The molecule has 0 spiro atoms. The fourth-order valence-corrected chi connectivity index (χ4v) is 2.45. The number of hydrogen-bond acceptors (Lipinski definition) is 1. The van der Waals surface area contributed by atoms with E-state index in [1.54, 1.807) is 4.90 Å². The van der Waals surface area contributed by atoms with Crippen LogP contribution in [0, 0.1) is 18.3 Å². The van der Waals surface area contributed by atoms with Crippen LogP contribution in [-0.4, -0.2) is 30.1 Å². The van der Waals surface area contributed by atoms with Gasteiger partial charge in [0.05, 0.1) is 6.54 Å². The number of terminal acetylenes is 1. The van der Waals surface area contributed by atoms with E-state index in [-0.39, 0.29) is 6.03 Å². The SMILES string of the molecule is C#CCN(CC1CC1)C(=O)NC1CCCCC1. The molecule has 17 heavy (non-hydrogen) atoms. The molecule has 94 valence electrons. The van der Waals surface area contributed by atoms with Gasteiger partial charge in [0.15, 0.2) is 0 Å². The number of hydrogen-bond donors (Lipinski definition) is 1. The molecular weight excluding hydrogens is 212 g/mol. The largest absolute Gasteiger partial charge is 0.335 e. The number of carbonyl (C=O) groups is 1. The van der Waals surface area contributed by atoms with Crippen molar-refractivity contribution >= 4 is 6.03 Å². The average Bonchev–Trinajstić information content (AvgIpc) is 3.14. The first kappa shape index (κ1) is 12.3. The Morgan fingerprint density at radius 3 is 2.53 bits per heavy atom. The van der Waals surface area contributed by atoms with Crippen LogP contribution in [0.5, 0.6) is 0 Å². The standard InChI is InChI=1S/C14H22N2O/c1-2-10-16(11-12-8-9-12)14(17)15-13-6-4-3-5-7-13/h1,12-13H,3-11H2,(H,15,17). The van der Waals surface area contributed by atoms with Crippen LogP contribution in [0.25, 0.3) is 0 Å². The summed E-state index contributed by atoms with van der Waals surface area (Å²) in [5, 5.41) is 3.13. The third-order valence-corrected chi connectivity index (χ3v) is 3.68. The van der Waals surface area contributed by atoms with E-state index in [1.807, 2.05) is 0 Å². The smallest absolute Gasteiger partial charge is 0.318 e. The molecule has 0 aromatic carbocycles. The van der Waals surface area contributed by atoms with Crippen molar-refractivity contribution in [3.05, 3.63) is 0 Å². The van der Waals surface area contributed by atoms with Crippen LogP contribution in [0.2, 0.25) is 0 Å². The number of nitrogens with zero attached hydrogens (tertiary/aromatic N) is 1. The van der Waals surface area contributed by atoms with Crippen LogP contribution in [0.1, 0.15) is 44.9 Å². The van der Waals surface area contributed by atoms with E-state index in [0.29, 0.717) is 18.5 Å². The molecule has 2 aliphatic rings. The van der Waals surface area contributed by atoms with Crippen molar-refractivity contribution in [2.75, 3.05) is 13.1 Å². The zero-order chi connectivity index (χ0) is 12.1. The second-order valence-corrected chi connectivity index (χ2v) is 5.31. The summed E-state index contributed by atoms with van der Waals surface area (Å²) < 4.78 is 0. The van der Waals surface area contributed by atoms with E-state index in [9.17, 15) is 4.79 Å². The monoisotopic (exact) mass is 234 g/mol. The molecule has 0 aromatic rings. The summed E-state index contributed by atoms with van der Waals surface area (Å²) in [7, 11) is 0. The minimum Gasteiger partial charge on any atom is -0.335 e. The average molecular weight is 234 g/mol. The highest BCUT2D eigenvalue weighted by Crippen LogP contribution is 2.29. The Morgan fingerprint density at radius 2 is 1.94 bits per heavy atom. The molecule has 3 nitrogen and oxygen atoms in total. The molecule has 2 saturated carbocycles. The van der Waals surface area contributed by atoms with Crippen molar-refractivity contribution in [1.82, 2.24) is 10.2 Å². The number of urea groups is 1. The highest BCUT2D eigenvalue weighted by atomic mass is 16.2. The van der Waals surface area contributed by atoms with Crippen LogP contribution in [0.4, 0.5) is 4.79 Å². The van der Waals surface area contributed by atoms with Crippen molar-refractivity contribution in [3.63, 3.8) is 0 Å². The van der Waals surface area contributed by atoms with Gasteiger partial charge in [0.2, 0.25) is 0 Å². The third-order valence-electron chi connectivity index (χ3n) is 3.68. The molecule has 2 amide bonds. The van der Waals surface area contributed by atoms with E-state index < -0.39 is 0 Å². The number of carbonyl (C=O) groups excluding carboxylic acids is 1. The molecule has 0 bridgehead atoms. The Morgan fingerprint density at radius 1 is 1.24 bits per heavy atom. The summed E-state index contributed by atoms with van der Waals surface area (Å²) >= 11 is 0. The van der Waals surface area contributed by atoms with Crippen molar-refractivity contribution < 1.29 is 4.79 Å². The fraction of sp³-hybridized carbons (Fsp3) is 0.786. The molecule has 0 heterocycles. The normalized spacial score (nSPS) is 20.6. The molecule has 0 atom stereocenters. The van der Waals surface area contributed by atoms with Gasteiger partial charge in [-0.25, -0.2) is 4.79 Å². The molecule has 2 fully saturated rings. The van der Waals surface area contributed by atoms with Gasteiger partial charge in [0.1, 0.15) is 0 Å². The lowest BCUT2D eigenvalue weighted by Gasteiger charge is -2.27. The lowest BCUT2D eigenvalue weighted by atomic mass is 9.96. The maximum atomic E-state index is 12.1. The molecule has 0 aliphatic heterocycles. The maximum absolute atomic E-state index is 12.1. The van der Waals surface area contributed by atoms with Crippen molar-refractivity contribution in [1.29, 1.82) is 0 Å². The molecule has 2 rings (SSSR count). The van der Waals surface area contributed by atoms with E-state index in [0.717, 1.165) is 19.4 Å². The molecule has 0 unspecified atom stereocenters.